The van der Waals surface area contributed by atoms with Gasteiger partial charge >= 0.3 is 0 Å². The molecule has 0 amide bonds. The predicted molar refractivity (Wildman–Crippen MR) is 69.9 cm³/mol. The van der Waals surface area contributed by atoms with Crippen molar-refractivity contribution in [2.75, 3.05) is 0 Å². The molecule has 17 heavy (non-hydrogen) atoms. The molecular weight excluding hydrogens is 232 g/mol. The van der Waals surface area contributed by atoms with Crippen molar-refractivity contribution in [2.24, 2.45) is 0 Å². The SMILES string of the molecule is CC(C)(C)c1nc(CNCc2cn[nH]c2)cs1. The molecule has 0 fully saturated rings. The Kier molecular flexibility index (Phi) is 3.59. The molecule has 0 aliphatic heterocycles. The fourth-order valence-electron chi connectivity index (χ4n) is 1.44. The van der Waals surface area contributed by atoms with Gasteiger partial charge in [-0.05, 0) is 0 Å². The van der Waals surface area contributed by atoms with Crippen molar-refractivity contribution >= 4 is 11.3 Å². The Morgan fingerprint density at radius 3 is 2.76 bits per heavy atom. The molecule has 2 N–H and O–H groups in total. The highest BCUT2D eigenvalue weighted by atomic mass is 32.1. The molecule has 2 aromatic heterocycles. The lowest BCUT2D eigenvalue weighted by atomic mass is 9.98. The van der Waals surface area contributed by atoms with Gasteiger partial charge in [-0.1, -0.05) is 20.8 Å². The molecule has 4 nitrogen and oxygen atoms in total. The molecule has 0 aliphatic rings. The third-order valence-corrected chi connectivity index (χ3v) is 3.70. The molecule has 2 heterocycles. The van der Waals surface area contributed by atoms with Crippen molar-refractivity contribution in [3.8, 4) is 0 Å². The zero-order chi connectivity index (χ0) is 12.3. The summed E-state index contributed by atoms with van der Waals surface area (Å²) >= 11 is 1.73. The topological polar surface area (TPSA) is 53.6 Å². The fraction of sp³-hybridized carbons (Fsp3) is 0.500. The van der Waals surface area contributed by atoms with Crippen LogP contribution in [0.4, 0.5) is 0 Å². The van der Waals surface area contributed by atoms with Crippen LogP contribution in [0.1, 0.15) is 37.0 Å². The van der Waals surface area contributed by atoms with Crippen LogP contribution in [0.15, 0.2) is 17.8 Å². The number of nitrogens with one attached hydrogen (secondary N) is 2. The summed E-state index contributed by atoms with van der Waals surface area (Å²) < 4.78 is 0. The molecule has 2 aromatic rings. The normalized spacial score (nSPS) is 11.9. The van der Waals surface area contributed by atoms with E-state index in [4.69, 9.17) is 0 Å². The summed E-state index contributed by atoms with van der Waals surface area (Å²) in [6.07, 6.45) is 3.73. The van der Waals surface area contributed by atoms with E-state index in [-0.39, 0.29) is 5.41 Å². The minimum atomic E-state index is 0.146. The number of hydrogen-bond acceptors (Lipinski definition) is 4. The van der Waals surface area contributed by atoms with Crippen LogP contribution in [0.3, 0.4) is 0 Å². The molecule has 0 radical (unpaired) electrons. The first-order chi connectivity index (χ1) is 8.05. The van der Waals surface area contributed by atoms with Crippen molar-refractivity contribution < 1.29 is 0 Å². The lowest BCUT2D eigenvalue weighted by molar-refractivity contribution is 0.579. The van der Waals surface area contributed by atoms with E-state index in [0.717, 1.165) is 24.3 Å². The number of aromatic nitrogens is 3. The lowest BCUT2D eigenvalue weighted by Crippen LogP contribution is -2.14. The molecule has 0 aliphatic carbocycles. The summed E-state index contributed by atoms with van der Waals surface area (Å²) in [4.78, 5) is 4.63. The Morgan fingerprint density at radius 1 is 1.35 bits per heavy atom. The number of rotatable bonds is 4. The van der Waals surface area contributed by atoms with Crippen LogP contribution in [0.2, 0.25) is 0 Å². The molecular formula is C12H18N4S. The Bertz CT molecular complexity index is 453. The largest absolute Gasteiger partial charge is 0.307 e. The highest BCUT2D eigenvalue weighted by Gasteiger charge is 2.17. The number of aromatic amines is 1. The van der Waals surface area contributed by atoms with E-state index in [1.807, 2.05) is 12.4 Å². The van der Waals surface area contributed by atoms with E-state index in [1.54, 1.807) is 11.3 Å². The Hall–Kier alpha value is -1.20. The van der Waals surface area contributed by atoms with Gasteiger partial charge in [-0.15, -0.1) is 11.3 Å². The van der Waals surface area contributed by atoms with Crippen molar-refractivity contribution in [3.05, 3.63) is 34.0 Å². The zero-order valence-electron chi connectivity index (χ0n) is 10.4. The maximum Gasteiger partial charge on any atom is 0.0982 e. The van der Waals surface area contributed by atoms with Gasteiger partial charge in [-0.2, -0.15) is 5.10 Å². The Morgan fingerprint density at radius 2 is 2.18 bits per heavy atom. The summed E-state index contributed by atoms with van der Waals surface area (Å²) in [6, 6.07) is 0. The molecule has 0 saturated carbocycles. The van der Waals surface area contributed by atoms with Gasteiger partial charge in [0.2, 0.25) is 0 Å². The van der Waals surface area contributed by atoms with Gasteiger partial charge in [0.1, 0.15) is 0 Å². The molecule has 5 heteroatoms. The Balaban J connectivity index is 1.85. The molecule has 0 unspecified atom stereocenters. The smallest absolute Gasteiger partial charge is 0.0982 e. The van der Waals surface area contributed by atoms with Gasteiger partial charge in [0, 0.05) is 35.6 Å². The molecule has 0 spiro atoms. The first kappa shape index (κ1) is 12.3. The third kappa shape index (κ3) is 3.38. The van der Waals surface area contributed by atoms with Crippen molar-refractivity contribution in [1.82, 2.24) is 20.5 Å². The number of hydrogen-bond donors (Lipinski definition) is 2. The van der Waals surface area contributed by atoms with Crippen LogP contribution in [0.5, 0.6) is 0 Å². The molecule has 0 bridgehead atoms. The predicted octanol–water partition coefficient (Wildman–Crippen LogP) is 2.45. The fourth-order valence-corrected chi connectivity index (χ4v) is 2.35. The van der Waals surface area contributed by atoms with E-state index in [2.05, 4.69) is 46.6 Å². The molecule has 0 atom stereocenters. The number of thiazole rings is 1. The van der Waals surface area contributed by atoms with Crippen LogP contribution >= 0.6 is 11.3 Å². The second-order valence-electron chi connectivity index (χ2n) is 5.10. The average molecular weight is 250 g/mol. The summed E-state index contributed by atoms with van der Waals surface area (Å²) in [5.74, 6) is 0. The van der Waals surface area contributed by atoms with E-state index in [0.29, 0.717) is 0 Å². The van der Waals surface area contributed by atoms with Crippen LogP contribution < -0.4 is 5.32 Å². The number of nitrogens with zero attached hydrogens (tertiary/aromatic N) is 2. The highest BCUT2D eigenvalue weighted by molar-refractivity contribution is 7.09. The first-order valence-electron chi connectivity index (χ1n) is 5.69. The lowest BCUT2D eigenvalue weighted by Gasteiger charge is -2.13. The highest BCUT2D eigenvalue weighted by Crippen LogP contribution is 2.25. The number of H-pyrrole nitrogens is 1. The van der Waals surface area contributed by atoms with Crippen LogP contribution in [0.25, 0.3) is 0 Å². The molecule has 0 saturated heterocycles. The maximum atomic E-state index is 4.63. The summed E-state index contributed by atoms with van der Waals surface area (Å²) in [5.41, 5.74) is 2.42. The average Bonchev–Trinajstić information content (AvgIpc) is 2.86. The summed E-state index contributed by atoms with van der Waals surface area (Å²) in [6.45, 7) is 8.19. The Labute approximate surface area is 105 Å². The first-order valence-corrected chi connectivity index (χ1v) is 6.57. The van der Waals surface area contributed by atoms with Crippen molar-refractivity contribution in [2.45, 2.75) is 39.3 Å². The minimum Gasteiger partial charge on any atom is -0.307 e. The van der Waals surface area contributed by atoms with E-state index in [9.17, 15) is 0 Å². The van der Waals surface area contributed by atoms with Gasteiger partial charge < -0.3 is 5.32 Å². The monoisotopic (exact) mass is 250 g/mol. The van der Waals surface area contributed by atoms with Crippen molar-refractivity contribution in [1.29, 1.82) is 0 Å². The summed E-state index contributed by atoms with van der Waals surface area (Å²) in [5, 5.41) is 13.4. The maximum absolute atomic E-state index is 4.63. The van der Waals surface area contributed by atoms with Gasteiger partial charge in [0.25, 0.3) is 0 Å². The third-order valence-electron chi connectivity index (χ3n) is 2.38. The molecule has 92 valence electrons. The van der Waals surface area contributed by atoms with E-state index < -0.39 is 0 Å². The van der Waals surface area contributed by atoms with Crippen LogP contribution in [-0.4, -0.2) is 15.2 Å². The van der Waals surface area contributed by atoms with E-state index >= 15 is 0 Å². The second kappa shape index (κ2) is 4.98. The molecule has 2 rings (SSSR count). The zero-order valence-corrected chi connectivity index (χ0v) is 11.3. The van der Waals surface area contributed by atoms with Crippen molar-refractivity contribution in [3.63, 3.8) is 0 Å². The minimum absolute atomic E-state index is 0.146. The van der Waals surface area contributed by atoms with Gasteiger partial charge in [-0.25, -0.2) is 4.98 Å². The van der Waals surface area contributed by atoms with Gasteiger partial charge in [-0.3, -0.25) is 5.10 Å². The summed E-state index contributed by atoms with van der Waals surface area (Å²) in [7, 11) is 0. The van der Waals surface area contributed by atoms with Gasteiger partial charge in [0.15, 0.2) is 0 Å². The quantitative estimate of drug-likeness (QED) is 0.876. The van der Waals surface area contributed by atoms with Crippen LogP contribution in [0, 0.1) is 0 Å². The van der Waals surface area contributed by atoms with Crippen LogP contribution in [-0.2, 0) is 18.5 Å². The molecule has 0 aromatic carbocycles. The van der Waals surface area contributed by atoms with Gasteiger partial charge in [0.05, 0.1) is 16.9 Å². The standard InChI is InChI=1S/C12H18N4S/c1-12(2,3)11-16-10(8-17-11)7-13-4-9-5-14-15-6-9/h5-6,8,13H,4,7H2,1-3H3,(H,14,15). The second-order valence-corrected chi connectivity index (χ2v) is 5.96. The van der Waals surface area contributed by atoms with E-state index in [1.165, 1.54) is 5.01 Å².